The van der Waals surface area contributed by atoms with Gasteiger partial charge in [-0.05, 0) is 40.7 Å². The van der Waals surface area contributed by atoms with Crippen LogP contribution < -0.4 is 5.32 Å². The summed E-state index contributed by atoms with van der Waals surface area (Å²) in [6.07, 6.45) is 0.244. The molecular weight excluding hydrogens is 268 g/mol. The van der Waals surface area contributed by atoms with Crippen LogP contribution in [0.4, 0.5) is 5.95 Å². The molecular formula is C15H22N4O2. The molecule has 1 saturated heterocycles. The first-order valence-electron chi connectivity index (χ1n) is 7.10. The van der Waals surface area contributed by atoms with Crippen LogP contribution >= 0.6 is 0 Å². The highest BCUT2D eigenvalue weighted by molar-refractivity contribution is 5.96. The van der Waals surface area contributed by atoms with E-state index >= 15 is 0 Å². The van der Waals surface area contributed by atoms with Crippen LogP contribution in [0.5, 0.6) is 0 Å². The predicted octanol–water partition coefficient (Wildman–Crippen LogP) is 1.68. The fraction of sp³-hybridized carbons (Fsp3) is 0.600. The SMILES string of the molecule is Cc1cc(C)nc(NC(=O)[C@@H]2CC(=O)N(C(C)(C)C)C2)n1. The van der Waals surface area contributed by atoms with Crippen molar-refractivity contribution in [1.82, 2.24) is 14.9 Å². The molecule has 0 spiro atoms. The highest BCUT2D eigenvalue weighted by atomic mass is 16.2. The molecule has 0 aromatic carbocycles. The number of hydrogen-bond donors (Lipinski definition) is 1. The maximum absolute atomic E-state index is 12.3. The van der Waals surface area contributed by atoms with Crippen molar-refractivity contribution >= 4 is 17.8 Å². The first-order valence-corrected chi connectivity index (χ1v) is 7.10. The summed E-state index contributed by atoms with van der Waals surface area (Å²) in [4.78, 5) is 34.4. The standard InChI is InChI=1S/C15H22N4O2/c1-9-6-10(2)17-14(16-9)18-13(21)11-7-12(20)19(8-11)15(3,4)5/h6,11H,7-8H2,1-5H3,(H,16,17,18,21)/t11-/m1/s1. The van der Waals surface area contributed by atoms with Crippen LogP contribution in [-0.4, -0.2) is 38.8 Å². The summed E-state index contributed by atoms with van der Waals surface area (Å²) in [6, 6.07) is 1.84. The Bertz CT molecular complexity index is 557. The first kappa shape index (κ1) is 15.4. The first-order chi connectivity index (χ1) is 9.66. The van der Waals surface area contributed by atoms with Crippen LogP contribution in [-0.2, 0) is 9.59 Å². The molecule has 0 unspecified atom stereocenters. The normalized spacial score (nSPS) is 19.0. The second kappa shape index (κ2) is 5.42. The molecule has 1 fully saturated rings. The lowest BCUT2D eigenvalue weighted by molar-refractivity contribution is -0.131. The van der Waals surface area contributed by atoms with E-state index in [1.807, 2.05) is 40.7 Å². The second-order valence-corrected chi connectivity index (χ2v) is 6.54. The van der Waals surface area contributed by atoms with Gasteiger partial charge in [0.15, 0.2) is 0 Å². The predicted molar refractivity (Wildman–Crippen MR) is 79.7 cm³/mol. The molecule has 1 atom stereocenters. The Balaban J connectivity index is 2.07. The van der Waals surface area contributed by atoms with Crippen molar-refractivity contribution in [1.29, 1.82) is 0 Å². The third-order valence-electron chi connectivity index (χ3n) is 3.52. The Morgan fingerprint density at radius 2 is 1.86 bits per heavy atom. The minimum Gasteiger partial charge on any atom is -0.337 e. The number of nitrogens with zero attached hydrogens (tertiary/aromatic N) is 3. The highest BCUT2D eigenvalue weighted by Crippen LogP contribution is 2.26. The summed E-state index contributed by atoms with van der Waals surface area (Å²) >= 11 is 0. The third-order valence-corrected chi connectivity index (χ3v) is 3.52. The smallest absolute Gasteiger partial charge is 0.232 e. The van der Waals surface area contributed by atoms with Crippen LogP contribution in [0.3, 0.4) is 0 Å². The van der Waals surface area contributed by atoms with Gasteiger partial charge in [-0.3, -0.25) is 14.9 Å². The van der Waals surface area contributed by atoms with E-state index in [0.717, 1.165) is 11.4 Å². The van der Waals surface area contributed by atoms with Crippen LogP contribution in [0.15, 0.2) is 6.07 Å². The number of amides is 2. The van der Waals surface area contributed by atoms with E-state index in [0.29, 0.717) is 12.5 Å². The summed E-state index contributed by atoms with van der Waals surface area (Å²) in [7, 11) is 0. The number of rotatable bonds is 2. The van der Waals surface area contributed by atoms with Gasteiger partial charge in [0.1, 0.15) is 0 Å². The van der Waals surface area contributed by atoms with Crippen molar-refractivity contribution in [2.24, 2.45) is 5.92 Å². The van der Waals surface area contributed by atoms with Crippen molar-refractivity contribution in [3.8, 4) is 0 Å². The van der Waals surface area contributed by atoms with Gasteiger partial charge in [-0.25, -0.2) is 9.97 Å². The Kier molecular flexibility index (Phi) is 3.98. The van der Waals surface area contributed by atoms with Gasteiger partial charge in [0.05, 0.1) is 5.92 Å². The number of hydrogen-bond acceptors (Lipinski definition) is 4. The van der Waals surface area contributed by atoms with Crippen molar-refractivity contribution in [3.63, 3.8) is 0 Å². The Morgan fingerprint density at radius 3 is 2.33 bits per heavy atom. The Labute approximate surface area is 125 Å². The summed E-state index contributed by atoms with van der Waals surface area (Å²) in [6.45, 7) is 10.1. The van der Waals surface area contributed by atoms with E-state index < -0.39 is 0 Å². The van der Waals surface area contributed by atoms with Gasteiger partial charge in [0.25, 0.3) is 0 Å². The lowest BCUT2D eigenvalue weighted by Crippen LogP contribution is -2.42. The maximum Gasteiger partial charge on any atom is 0.232 e. The molecule has 1 aromatic rings. The van der Waals surface area contributed by atoms with Gasteiger partial charge in [-0.2, -0.15) is 0 Å². The summed E-state index contributed by atoms with van der Waals surface area (Å²) in [5.74, 6) is -0.218. The monoisotopic (exact) mass is 290 g/mol. The number of likely N-dealkylation sites (tertiary alicyclic amines) is 1. The second-order valence-electron chi connectivity index (χ2n) is 6.54. The van der Waals surface area contributed by atoms with E-state index in [1.165, 1.54) is 0 Å². The largest absolute Gasteiger partial charge is 0.337 e. The molecule has 2 heterocycles. The molecule has 6 heteroatoms. The summed E-state index contributed by atoms with van der Waals surface area (Å²) < 4.78 is 0. The molecule has 2 amide bonds. The number of aryl methyl sites for hydroxylation is 2. The Morgan fingerprint density at radius 1 is 1.29 bits per heavy atom. The molecule has 1 N–H and O–H groups in total. The maximum atomic E-state index is 12.3. The number of carbonyl (C=O) groups is 2. The third kappa shape index (κ3) is 3.56. The van der Waals surface area contributed by atoms with E-state index in [-0.39, 0.29) is 29.7 Å². The van der Waals surface area contributed by atoms with E-state index in [1.54, 1.807) is 4.90 Å². The van der Waals surface area contributed by atoms with Crippen LogP contribution in [0.1, 0.15) is 38.6 Å². The number of anilines is 1. The van der Waals surface area contributed by atoms with Gasteiger partial charge >= 0.3 is 0 Å². The zero-order chi connectivity index (χ0) is 15.8. The van der Waals surface area contributed by atoms with E-state index in [2.05, 4.69) is 15.3 Å². The van der Waals surface area contributed by atoms with Gasteiger partial charge in [-0.1, -0.05) is 0 Å². The molecule has 0 bridgehead atoms. The Hall–Kier alpha value is -1.98. The zero-order valence-electron chi connectivity index (χ0n) is 13.2. The highest BCUT2D eigenvalue weighted by Gasteiger charge is 2.39. The lowest BCUT2D eigenvalue weighted by atomic mass is 10.1. The number of aromatic nitrogens is 2. The fourth-order valence-corrected chi connectivity index (χ4v) is 2.53. The van der Waals surface area contributed by atoms with E-state index in [9.17, 15) is 9.59 Å². The minimum atomic E-state index is -0.346. The van der Waals surface area contributed by atoms with Gasteiger partial charge in [0.2, 0.25) is 17.8 Å². The zero-order valence-corrected chi connectivity index (χ0v) is 13.2. The number of nitrogens with one attached hydrogen (secondary N) is 1. The average molecular weight is 290 g/mol. The molecule has 0 radical (unpaired) electrons. The molecule has 1 aliphatic rings. The van der Waals surface area contributed by atoms with E-state index in [4.69, 9.17) is 0 Å². The summed E-state index contributed by atoms with van der Waals surface area (Å²) in [5, 5.41) is 2.72. The van der Waals surface area contributed by atoms with Crippen LogP contribution in [0, 0.1) is 19.8 Å². The van der Waals surface area contributed by atoms with Crippen LogP contribution in [0.2, 0.25) is 0 Å². The quantitative estimate of drug-likeness (QED) is 0.899. The van der Waals surface area contributed by atoms with Crippen molar-refractivity contribution < 1.29 is 9.59 Å². The van der Waals surface area contributed by atoms with Crippen molar-refractivity contribution in [2.75, 3.05) is 11.9 Å². The molecule has 2 rings (SSSR count). The topological polar surface area (TPSA) is 75.2 Å². The number of carbonyl (C=O) groups excluding carboxylic acids is 2. The molecule has 114 valence electrons. The molecule has 1 aliphatic heterocycles. The molecule has 6 nitrogen and oxygen atoms in total. The van der Waals surface area contributed by atoms with Gasteiger partial charge in [0, 0.05) is 29.9 Å². The molecule has 0 aliphatic carbocycles. The molecule has 0 saturated carbocycles. The van der Waals surface area contributed by atoms with Crippen LogP contribution in [0.25, 0.3) is 0 Å². The van der Waals surface area contributed by atoms with Crippen molar-refractivity contribution in [2.45, 2.75) is 46.6 Å². The van der Waals surface area contributed by atoms with Crippen molar-refractivity contribution in [3.05, 3.63) is 17.5 Å². The minimum absolute atomic E-state index is 0.0176. The average Bonchev–Trinajstić information content (AvgIpc) is 2.69. The van der Waals surface area contributed by atoms with Gasteiger partial charge < -0.3 is 4.90 Å². The fourth-order valence-electron chi connectivity index (χ4n) is 2.53. The summed E-state index contributed by atoms with van der Waals surface area (Å²) in [5.41, 5.74) is 1.34. The molecule has 21 heavy (non-hydrogen) atoms. The molecule has 1 aromatic heterocycles. The van der Waals surface area contributed by atoms with Gasteiger partial charge in [-0.15, -0.1) is 0 Å². The lowest BCUT2D eigenvalue weighted by Gasteiger charge is -2.31.